The van der Waals surface area contributed by atoms with E-state index in [-0.39, 0.29) is 5.82 Å². The van der Waals surface area contributed by atoms with Crippen molar-refractivity contribution in [3.8, 4) is 0 Å². The first-order chi connectivity index (χ1) is 6.86. The van der Waals surface area contributed by atoms with Crippen molar-refractivity contribution in [2.24, 2.45) is 0 Å². The molecule has 2 aromatic heterocycles. The molecule has 0 fully saturated rings. The number of nitrogens with one attached hydrogen (secondary N) is 1. The molecule has 0 spiro atoms. The molecule has 1 aromatic carbocycles. The van der Waals surface area contributed by atoms with Crippen LogP contribution in [0.15, 0.2) is 30.6 Å². The second-order valence-electron chi connectivity index (χ2n) is 3.04. The fourth-order valence-corrected chi connectivity index (χ4v) is 1.59. The third-order valence-electron chi connectivity index (χ3n) is 2.21. The summed E-state index contributed by atoms with van der Waals surface area (Å²) in [6, 6.07) is 4.91. The lowest BCUT2D eigenvalue weighted by molar-refractivity contribution is 0.637. The van der Waals surface area contributed by atoms with Gasteiger partial charge in [0.1, 0.15) is 11.3 Å². The van der Waals surface area contributed by atoms with Crippen molar-refractivity contribution < 1.29 is 4.39 Å². The Bertz CT molecular complexity index is 615. The summed E-state index contributed by atoms with van der Waals surface area (Å²) in [7, 11) is 0. The molecule has 0 amide bonds. The van der Waals surface area contributed by atoms with Gasteiger partial charge in [0.15, 0.2) is 5.65 Å². The van der Waals surface area contributed by atoms with Gasteiger partial charge in [0.25, 0.3) is 0 Å². The largest absolute Gasteiger partial charge is 0.335 e. The van der Waals surface area contributed by atoms with Crippen molar-refractivity contribution >= 4 is 22.1 Å². The molecule has 0 saturated heterocycles. The number of fused-ring (bicyclic) bond motifs is 3. The zero-order valence-corrected chi connectivity index (χ0v) is 7.16. The van der Waals surface area contributed by atoms with E-state index in [0.717, 1.165) is 5.39 Å². The predicted molar refractivity (Wildman–Crippen MR) is 51.4 cm³/mol. The Kier molecular flexibility index (Phi) is 1.33. The Labute approximate surface area is 78.6 Å². The number of rotatable bonds is 0. The van der Waals surface area contributed by atoms with Gasteiger partial charge in [-0.25, -0.2) is 9.37 Å². The molecule has 0 unspecified atom stereocenters. The van der Waals surface area contributed by atoms with E-state index in [4.69, 9.17) is 0 Å². The average Bonchev–Trinajstić information content (AvgIpc) is 2.59. The van der Waals surface area contributed by atoms with E-state index in [1.54, 1.807) is 18.5 Å². The third-order valence-corrected chi connectivity index (χ3v) is 2.21. The maximum atomic E-state index is 13.3. The van der Waals surface area contributed by atoms with Crippen LogP contribution >= 0.6 is 0 Å². The highest BCUT2D eigenvalue weighted by molar-refractivity contribution is 6.03. The van der Waals surface area contributed by atoms with E-state index in [0.29, 0.717) is 16.7 Å². The highest BCUT2D eigenvalue weighted by Gasteiger charge is 2.08. The summed E-state index contributed by atoms with van der Waals surface area (Å²) in [6.07, 6.45) is 3.18. The Morgan fingerprint density at radius 3 is 2.93 bits per heavy atom. The number of halogens is 1. The number of para-hydroxylation sites is 1. The molecule has 3 rings (SSSR count). The lowest BCUT2D eigenvalue weighted by atomic mass is 10.2. The molecule has 1 N–H and O–H groups in total. The van der Waals surface area contributed by atoms with Crippen LogP contribution in [0.25, 0.3) is 22.1 Å². The third kappa shape index (κ3) is 0.849. The molecular formula is C10H6FN3. The van der Waals surface area contributed by atoms with Gasteiger partial charge in [-0.3, -0.25) is 4.98 Å². The van der Waals surface area contributed by atoms with E-state index in [1.165, 1.54) is 6.07 Å². The van der Waals surface area contributed by atoms with Crippen LogP contribution in [0, 0.1) is 5.82 Å². The molecule has 0 bridgehead atoms. The van der Waals surface area contributed by atoms with Gasteiger partial charge in [-0.15, -0.1) is 0 Å². The molecular weight excluding hydrogens is 181 g/mol. The molecule has 3 aromatic rings. The van der Waals surface area contributed by atoms with Gasteiger partial charge >= 0.3 is 0 Å². The zero-order valence-electron chi connectivity index (χ0n) is 7.16. The predicted octanol–water partition coefficient (Wildman–Crippen LogP) is 2.25. The van der Waals surface area contributed by atoms with Crippen molar-refractivity contribution in [1.29, 1.82) is 0 Å². The van der Waals surface area contributed by atoms with Gasteiger partial charge in [0, 0.05) is 17.8 Å². The van der Waals surface area contributed by atoms with Crippen molar-refractivity contribution in [3.05, 3.63) is 36.4 Å². The van der Waals surface area contributed by atoms with Crippen LogP contribution in [0.3, 0.4) is 0 Å². The number of H-pyrrole nitrogens is 1. The summed E-state index contributed by atoms with van der Waals surface area (Å²) in [5.41, 5.74) is 1.79. The molecule has 3 nitrogen and oxygen atoms in total. The van der Waals surface area contributed by atoms with Gasteiger partial charge < -0.3 is 4.98 Å². The number of benzene rings is 1. The summed E-state index contributed by atoms with van der Waals surface area (Å²) in [6.45, 7) is 0. The minimum atomic E-state index is -0.276. The molecule has 0 aliphatic carbocycles. The first kappa shape index (κ1) is 7.44. The maximum absolute atomic E-state index is 13.3. The average molecular weight is 187 g/mol. The van der Waals surface area contributed by atoms with Crippen molar-refractivity contribution in [2.45, 2.75) is 0 Å². The SMILES string of the molecule is Fc1cccc2c1[nH]c1nccnc12. The van der Waals surface area contributed by atoms with Crippen LogP contribution in [0.2, 0.25) is 0 Å². The van der Waals surface area contributed by atoms with Crippen LogP contribution in [0.1, 0.15) is 0 Å². The normalized spacial score (nSPS) is 11.2. The summed E-state index contributed by atoms with van der Waals surface area (Å²) in [4.78, 5) is 11.1. The second-order valence-corrected chi connectivity index (χ2v) is 3.04. The monoisotopic (exact) mass is 187 g/mol. The summed E-state index contributed by atoms with van der Waals surface area (Å²) in [5.74, 6) is -0.276. The van der Waals surface area contributed by atoms with Crippen LogP contribution in [-0.4, -0.2) is 15.0 Å². The highest BCUT2D eigenvalue weighted by Crippen LogP contribution is 2.23. The van der Waals surface area contributed by atoms with E-state index >= 15 is 0 Å². The minimum absolute atomic E-state index is 0.276. The number of aromatic amines is 1. The molecule has 4 heteroatoms. The number of hydrogen-bond donors (Lipinski definition) is 1. The highest BCUT2D eigenvalue weighted by atomic mass is 19.1. The lowest BCUT2D eigenvalue weighted by Gasteiger charge is -1.89. The van der Waals surface area contributed by atoms with Gasteiger partial charge in [-0.2, -0.15) is 0 Å². The van der Waals surface area contributed by atoms with Crippen LogP contribution in [-0.2, 0) is 0 Å². The van der Waals surface area contributed by atoms with E-state index in [1.807, 2.05) is 6.07 Å². The molecule has 0 saturated carbocycles. The number of hydrogen-bond acceptors (Lipinski definition) is 2. The Morgan fingerprint density at radius 2 is 2.00 bits per heavy atom. The van der Waals surface area contributed by atoms with Crippen LogP contribution < -0.4 is 0 Å². The van der Waals surface area contributed by atoms with Crippen LogP contribution in [0.5, 0.6) is 0 Å². The number of aromatic nitrogens is 3. The standard InChI is InChI=1S/C10H6FN3/c11-7-3-1-2-6-8(7)14-10-9(6)12-4-5-13-10/h1-5H,(H,13,14). The van der Waals surface area contributed by atoms with Gasteiger partial charge in [0.05, 0.1) is 5.52 Å². The van der Waals surface area contributed by atoms with Crippen molar-refractivity contribution in [1.82, 2.24) is 15.0 Å². The van der Waals surface area contributed by atoms with Gasteiger partial charge in [0.2, 0.25) is 0 Å². The van der Waals surface area contributed by atoms with Crippen molar-refractivity contribution in [3.63, 3.8) is 0 Å². The van der Waals surface area contributed by atoms with E-state index in [9.17, 15) is 4.39 Å². The zero-order chi connectivity index (χ0) is 9.54. The second kappa shape index (κ2) is 2.51. The Balaban J connectivity index is 2.63. The van der Waals surface area contributed by atoms with Crippen molar-refractivity contribution in [2.75, 3.05) is 0 Å². The molecule has 14 heavy (non-hydrogen) atoms. The van der Waals surface area contributed by atoms with E-state index < -0.39 is 0 Å². The summed E-state index contributed by atoms with van der Waals surface area (Å²) >= 11 is 0. The molecule has 0 radical (unpaired) electrons. The summed E-state index contributed by atoms with van der Waals surface area (Å²) in [5, 5.41) is 0.771. The Hall–Kier alpha value is -1.97. The van der Waals surface area contributed by atoms with Crippen LogP contribution in [0.4, 0.5) is 4.39 Å². The molecule has 0 atom stereocenters. The molecule has 0 aliphatic rings. The smallest absolute Gasteiger partial charge is 0.157 e. The van der Waals surface area contributed by atoms with Gasteiger partial charge in [-0.1, -0.05) is 12.1 Å². The fourth-order valence-electron chi connectivity index (χ4n) is 1.59. The number of nitrogens with zero attached hydrogens (tertiary/aromatic N) is 2. The topological polar surface area (TPSA) is 41.6 Å². The minimum Gasteiger partial charge on any atom is -0.335 e. The molecule has 2 heterocycles. The lowest BCUT2D eigenvalue weighted by Crippen LogP contribution is -1.76. The first-order valence-corrected chi connectivity index (χ1v) is 4.23. The molecule has 68 valence electrons. The van der Waals surface area contributed by atoms with E-state index in [2.05, 4.69) is 15.0 Å². The quantitative estimate of drug-likeness (QED) is 0.586. The van der Waals surface area contributed by atoms with Gasteiger partial charge in [-0.05, 0) is 6.07 Å². The fraction of sp³-hybridized carbons (Fsp3) is 0. The first-order valence-electron chi connectivity index (χ1n) is 4.23. The Morgan fingerprint density at radius 1 is 1.14 bits per heavy atom. The summed E-state index contributed by atoms with van der Waals surface area (Å²) < 4.78 is 13.3. The molecule has 0 aliphatic heterocycles. The maximum Gasteiger partial charge on any atom is 0.157 e.